The molecule has 0 spiro atoms. The molecule has 0 saturated heterocycles. The van der Waals surface area contributed by atoms with Crippen LogP contribution in [0.3, 0.4) is 0 Å². The van der Waals surface area contributed by atoms with Gasteiger partial charge in [-0.25, -0.2) is 0 Å². The second-order valence-corrected chi connectivity index (χ2v) is 3.61. The van der Waals surface area contributed by atoms with E-state index in [1.54, 1.807) is 6.20 Å². The number of nitrogens with zero attached hydrogens (tertiary/aromatic N) is 2. The van der Waals surface area contributed by atoms with Crippen LogP contribution in [0.5, 0.6) is 0 Å². The van der Waals surface area contributed by atoms with Crippen LogP contribution in [0.2, 0.25) is 0 Å². The molecule has 0 saturated carbocycles. The highest BCUT2D eigenvalue weighted by Crippen LogP contribution is 1.96. The molecule has 0 aliphatic rings. The van der Waals surface area contributed by atoms with Gasteiger partial charge < -0.3 is 5.32 Å². The van der Waals surface area contributed by atoms with Crippen molar-refractivity contribution in [2.24, 2.45) is 0 Å². The van der Waals surface area contributed by atoms with E-state index in [4.69, 9.17) is 0 Å². The van der Waals surface area contributed by atoms with Gasteiger partial charge in [-0.1, -0.05) is 19.1 Å². The molecule has 0 aliphatic carbocycles. The summed E-state index contributed by atoms with van der Waals surface area (Å²) >= 11 is 0. The van der Waals surface area contributed by atoms with Crippen LogP contribution in [0.4, 0.5) is 0 Å². The summed E-state index contributed by atoms with van der Waals surface area (Å²) in [6, 6.07) is 2.37. The number of aromatic nitrogens is 2. The molecular weight excluding hydrogens is 174 g/mol. The van der Waals surface area contributed by atoms with Gasteiger partial charge in [0.05, 0.1) is 6.54 Å². The summed E-state index contributed by atoms with van der Waals surface area (Å²) in [6.07, 6.45) is 4.83. The molecule has 0 aromatic carbocycles. The highest BCUT2D eigenvalue weighted by Gasteiger charge is 2.02. The van der Waals surface area contributed by atoms with E-state index >= 15 is 0 Å². The zero-order chi connectivity index (χ0) is 10.4. The monoisotopic (exact) mass is 193 g/mol. The first-order valence-electron chi connectivity index (χ1n) is 5.09. The predicted octanol–water partition coefficient (Wildman–Crippen LogP) is 1.83. The third-order valence-electron chi connectivity index (χ3n) is 2.22. The molecule has 1 heterocycles. The Labute approximate surface area is 85.8 Å². The van der Waals surface area contributed by atoms with Gasteiger partial charge in [-0.2, -0.15) is 5.10 Å². The Kier molecular flexibility index (Phi) is 4.40. The second kappa shape index (κ2) is 5.60. The fraction of sp³-hybridized carbons (Fsp3) is 0.545. The van der Waals surface area contributed by atoms with Crippen molar-refractivity contribution in [2.75, 3.05) is 6.54 Å². The number of nitrogens with one attached hydrogen (secondary N) is 1. The first-order chi connectivity index (χ1) is 6.72. The van der Waals surface area contributed by atoms with E-state index in [0.717, 1.165) is 19.5 Å². The van der Waals surface area contributed by atoms with Gasteiger partial charge in [0.15, 0.2) is 0 Å². The van der Waals surface area contributed by atoms with Crippen molar-refractivity contribution in [1.29, 1.82) is 0 Å². The van der Waals surface area contributed by atoms with Crippen molar-refractivity contribution in [3.63, 3.8) is 0 Å². The lowest BCUT2D eigenvalue weighted by Crippen LogP contribution is -2.31. The number of hydrogen-bond acceptors (Lipinski definition) is 2. The maximum absolute atomic E-state index is 4.16. The van der Waals surface area contributed by atoms with E-state index in [1.165, 1.54) is 5.57 Å². The topological polar surface area (TPSA) is 29.9 Å². The smallest absolute Gasteiger partial charge is 0.0560 e. The van der Waals surface area contributed by atoms with Crippen LogP contribution in [-0.4, -0.2) is 22.4 Å². The first kappa shape index (κ1) is 11.0. The average Bonchev–Trinajstić information content (AvgIpc) is 2.66. The molecule has 0 amide bonds. The summed E-state index contributed by atoms with van der Waals surface area (Å²) in [5.74, 6) is 0. The van der Waals surface area contributed by atoms with Gasteiger partial charge >= 0.3 is 0 Å². The van der Waals surface area contributed by atoms with Crippen LogP contribution in [0.1, 0.15) is 20.3 Å². The minimum atomic E-state index is 0.429. The molecule has 1 N–H and O–H groups in total. The van der Waals surface area contributed by atoms with Crippen molar-refractivity contribution in [1.82, 2.24) is 15.1 Å². The van der Waals surface area contributed by atoms with Crippen LogP contribution in [0.15, 0.2) is 30.6 Å². The van der Waals surface area contributed by atoms with Gasteiger partial charge in [0.25, 0.3) is 0 Å². The van der Waals surface area contributed by atoms with Gasteiger partial charge in [-0.15, -0.1) is 0 Å². The van der Waals surface area contributed by atoms with Gasteiger partial charge in [0, 0.05) is 25.0 Å². The molecule has 1 rings (SSSR count). The molecule has 3 heteroatoms. The molecule has 78 valence electrons. The third-order valence-corrected chi connectivity index (χ3v) is 2.22. The van der Waals surface area contributed by atoms with Gasteiger partial charge in [-0.05, 0) is 19.4 Å². The molecule has 1 unspecified atom stereocenters. The molecule has 0 aliphatic heterocycles. The van der Waals surface area contributed by atoms with E-state index in [0.29, 0.717) is 6.04 Å². The molecule has 0 bridgehead atoms. The van der Waals surface area contributed by atoms with E-state index in [9.17, 15) is 0 Å². The van der Waals surface area contributed by atoms with Crippen molar-refractivity contribution in [3.8, 4) is 0 Å². The molecule has 0 radical (unpaired) electrons. The molecule has 3 nitrogen and oxygen atoms in total. The van der Waals surface area contributed by atoms with Crippen molar-refractivity contribution < 1.29 is 0 Å². The van der Waals surface area contributed by atoms with E-state index in [1.807, 2.05) is 16.9 Å². The molecule has 14 heavy (non-hydrogen) atoms. The normalized spacial score (nSPS) is 12.7. The molecule has 0 fully saturated rings. The second-order valence-electron chi connectivity index (χ2n) is 3.61. The fourth-order valence-electron chi connectivity index (χ4n) is 1.20. The van der Waals surface area contributed by atoms with Crippen molar-refractivity contribution in [3.05, 3.63) is 30.6 Å². The molecular formula is C11H19N3. The van der Waals surface area contributed by atoms with E-state index in [-0.39, 0.29) is 0 Å². The van der Waals surface area contributed by atoms with Gasteiger partial charge in [-0.3, -0.25) is 4.68 Å². The van der Waals surface area contributed by atoms with Crippen molar-refractivity contribution in [2.45, 2.75) is 32.9 Å². The largest absolute Gasteiger partial charge is 0.309 e. The Morgan fingerprint density at radius 1 is 1.64 bits per heavy atom. The standard InChI is InChI=1S/C11H19N3/c1-4-10(2)8-12-11(3)9-14-7-5-6-13-14/h5-7,11-12H,2,4,8-9H2,1,3H3. The van der Waals surface area contributed by atoms with Gasteiger partial charge in [0.1, 0.15) is 0 Å². The first-order valence-corrected chi connectivity index (χ1v) is 5.09. The van der Waals surface area contributed by atoms with Crippen LogP contribution >= 0.6 is 0 Å². The maximum atomic E-state index is 4.16. The quantitative estimate of drug-likeness (QED) is 0.698. The summed E-state index contributed by atoms with van der Waals surface area (Å²) < 4.78 is 1.94. The summed E-state index contributed by atoms with van der Waals surface area (Å²) in [6.45, 7) is 10.1. The van der Waals surface area contributed by atoms with Crippen molar-refractivity contribution >= 4 is 0 Å². The molecule has 1 aromatic rings. The lowest BCUT2D eigenvalue weighted by Gasteiger charge is -2.14. The Balaban J connectivity index is 2.22. The SMILES string of the molecule is C=C(CC)CNC(C)Cn1cccn1. The lowest BCUT2D eigenvalue weighted by atomic mass is 10.2. The van der Waals surface area contributed by atoms with E-state index in [2.05, 4.69) is 30.8 Å². The van der Waals surface area contributed by atoms with Gasteiger partial charge in [0.2, 0.25) is 0 Å². The van der Waals surface area contributed by atoms with Crippen LogP contribution in [0.25, 0.3) is 0 Å². The minimum Gasteiger partial charge on any atom is -0.309 e. The zero-order valence-electron chi connectivity index (χ0n) is 9.03. The summed E-state index contributed by atoms with van der Waals surface area (Å²) in [5, 5.41) is 7.57. The van der Waals surface area contributed by atoms with Crippen LogP contribution in [-0.2, 0) is 6.54 Å². The Bertz CT molecular complexity index is 264. The Hall–Kier alpha value is -1.09. The van der Waals surface area contributed by atoms with Crippen LogP contribution in [0, 0.1) is 0 Å². The lowest BCUT2D eigenvalue weighted by molar-refractivity contribution is 0.464. The van der Waals surface area contributed by atoms with E-state index < -0.39 is 0 Å². The number of rotatable bonds is 6. The summed E-state index contributed by atoms with van der Waals surface area (Å²) in [7, 11) is 0. The number of hydrogen-bond donors (Lipinski definition) is 1. The minimum absolute atomic E-state index is 0.429. The Morgan fingerprint density at radius 2 is 2.43 bits per heavy atom. The highest BCUT2D eigenvalue weighted by molar-refractivity contribution is 4.95. The third kappa shape index (κ3) is 3.75. The molecule has 1 aromatic heterocycles. The van der Waals surface area contributed by atoms with Crippen LogP contribution < -0.4 is 5.32 Å². The zero-order valence-corrected chi connectivity index (χ0v) is 9.03. The Morgan fingerprint density at radius 3 is 3.00 bits per heavy atom. The maximum Gasteiger partial charge on any atom is 0.0560 e. The highest BCUT2D eigenvalue weighted by atomic mass is 15.3. The summed E-state index contributed by atoms with van der Waals surface area (Å²) in [5.41, 5.74) is 1.25. The summed E-state index contributed by atoms with van der Waals surface area (Å²) in [4.78, 5) is 0. The molecule has 1 atom stereocenters. The fourth-order valence-corrected chi connectivity index (χ4v) is 1.20. The predicted molar refractivity (Wildman–Crippen MR) is 59.1 cm³/mol. The average molecular weight is 193 g/mol.